The van der Waals surface area contributed by atoms with Crippen LogP contribution in [-0.4, -0.2) is 44.7 Å². The van der Waals surface area contributed by atoms with Gasteiger partial charge in [-0.2, -0.15) is 5.10 Å². The van der Waals surface area contributed by atoms with E-state index in [1.54, 1.807) is 24.9 Å². The second kappa shape index (κ2) is 9.79. The lowest BCUT2D eigenvalue weighted by atomic mass is 10.1. The minimum absolute atomic E-state index is 0.240. The number of imidazole rings is 2. The predicted molar refractivity (Wildman–Crippen MR) is 149 cm³/mol. The smallest absolute Gasteiger partial charge is 0.184 e. The zero-order chi connectivity index (χ0) is 27.1. The third-order valence-electron chi connectivity index (χ3n) is 6.72. The maximum Gasteiger partial charge on any atom is 0.184 e. The fourth-order valence-corrected chi connectivity index (χ4v) is 4.79. The molecule has 0 saturated heterocycles. The van der Waals surface area contributed by atoms with E-state index in [0.717, 1.165) is 23.5 Å². The minimum atomic E-state index is -0.455. The molecule has 196 valence electrons. The van der Waals surface area contributed by atoms with Crippen LogP contribution in [0.4, 0.5) is 4.39 Å². The molecule has 0 aliphatic rings. The fraction of sp³-hybridized carbons (Fsp3) is 0.103. The third kappa shape index (κ3) is 4.28. The maximum absolute atomic E-state index is 16.1. The number of benzene rings is 1. The van der Waals surface area contributed by atoms with Crippen LogP contribution in [0.15, 0.2) is 79.8 Å². The van der Waals surface area contributed by atoms with Gasteiger partial charge in [0, 0.05) is 55.2 Å². The number of pyridine rings is 3. The average Bonchev–Trinajstić information content (AvgIpc) is 3.72. The molecule has 6 heterocycles. The van der Waals surface area contributed by atoms with Crippen LogP contribution in [0.2, 0.25) is 0 Å². The van der Waals surface area contributed by atoms with Crippen LogP contribution >= 0.6 is 0 Å². The van der Waals surface area contributed by atoms with Gasteiger partial charge in [0.1, 0.15) is 17.0 Å². The Balaban J connectivity index is 1.23. The van der Waals surface area contributed by atoms with Gasteiger partial charge in [-0.3, -0.25) is 10.1 Å². The topological polar surface area (TPSA) is 126 Å². The van der Waals surface area contributed by atoms with E-state index in [0.29, 0.717) is 40.4 Å². The summed E-state index contributed by atoms with van der Waals surface area (Å²) >= 11 is 0. The molecule has 0 unspecified atom stereocenters. The first kappa shape index (κ1) is 23.8. The molecule has 0 fully saturated rings. The summed E-state index contributed by atoms with van der Waals surface area (Å²) in [5, 5.41) is 10.8. The van der Waals surface area contributed by atoms with Crippen molar-refractivity contribution in [3.8, 4) is 28.3 Å². The van der Waals surface area contributed by atoms with Gasteiger partial charge in [-0.15, -0.1) is 0 Å². The van der Waals surface area contributed by atoms with Gasteiger partial charge in [0.05, 0.1) is 23.1 Å². The van der Waals surface area contributed by atoms with Crippen molar-refractivity contribution in [1.29, 1.82) is 0 Å². The quantitative estimate of drug-likeness (QED) is 0.268. The van der Waals surface area contributed by atoms with Crippen LogP contribution in [-0.2, 0) is 13.1 Å². The summed E-state index contributed by atoms with van der Waals surface area (Å²) < 4.78 is 18.0. The van der Waals surface area contributed by atoms with Crippen molar-refractivity contribution < 1.29 is 4.39 Å². The highest BCUT2D eigenvalue weighted by Gasteiger charge is 2.21. The highest BCUT2D eigenvalue weighted by atomic mass is 19.1. The van der Waals surface area contributed by atoms with Gasteiger partial charge in [-0.1, -0.05) is 30.3 Å². The molecule has 3 N–H and O–H groups in total. The van der Waals surface area contributed by atoms with Gasteiger partial charge >= 0.3 is 0 Å². The van der Waals surface area contributed by atoms with Crippen molar-refractivity contribution in [3.63, 3.8) is 0 Å². The Morgan fingerprint density at radius 1 is 0.950 bits per heavy atom. The number of halogens is 1. The molecule has 11 heteroatoms. The van der Waals surface area contributed by atoms with E-state index in [1.165, 1.54) is 11.8 Å². The molecule has 0 saturated carbocycles. The highest BCUT2D eigenvalue weighted by molar-refractivity contribution is 5.94. The van der Waals surface area contributed by atoms with Gasteiger partial charge in [-0.05, 0) is 30.2 Å². The molecule has 40 heavy (non-hydrogen) atoms. The Kier molecular flexibility index (Phi) is 5.82. The monoisotopic (exact) mass is 530 g/mol. The van der Waals surface area contributed by atoms with E-state index in [-0.39, 0.29) is 11.0 Å². The third-order valence-corrected chi connectivity index (χ3v) is 6.72. The molecule has 7 aromatic rings. The highest BCUT2D eigenvalue weighted by Crippen LogP contribution is 2.33. The molecule has 0 spiro atoms. The van der Waals surface area contributed by atoms with E-state index < -0.39 is 5.82 Å². The molecular formula is C29H23FN10. The van der Waals surface area contributed by atoms with E-state index in [4.69, 9.17) is 0 Å². The average molecular weight is 531 g/mol. The van der Waals surface area contributed by atoms with Crippen molar-refractivity contribution in [1.82, 2.24) is 50.0 Å². The maximum atomic E-state index is 16.1. The van der Waals surface area contributed by atoms with Crippen molar-refractivity contribution >= 4 is 22.2 Å². The van der Waals surface area contributed by atoms with Crippen LogP contribution in [0.25, 0.3) is 50.5 Å². The number of rotatable bonds is 7. The molecule has 0 aliphatic heterocycles. The summed E-state index contributed by atoms with van der Waals surface area (Å²) in [7, 11) is 0. The summed E-state index contributed by atoms with van der Waals surface area (Å²) in [6, 6.07) is 13.9. The van der Waals surface area contributed by atoms with Crippen LogP contribution in [0.5, 0.6) is 0 Å². The second-order valence-electron chi connectivity index (χ2n) is 9.49. The lowest BCUT2D eigenvalue weighted by Gasteiger charge is -2.08. The molecule has 0 amide bonds. The molecule has 0 atom stereocenters. The fourth-order valence-electron chi connectivity index (χ4n) is 4.79. The van der Waals surface area contributed by atoms with E-state index in [9.17, 15) is 0 Å². The number of nitrogens with one attached hydrogen (secondary N) is 3. The van der Waals surface area contributed by atoms with E-state index >= 15 is 4.39 Å². The minimum Gasteiger partial charge on any atom is -0.334 e. The predicted octanol–water partition coefficient (Wildman–Crippen LogP) is 4.88. The van der Waals surface area contributed by atoms with Gasteiger partial charge in [0.25, 0.3) is 0 Å². The lowest BCUT2D eigenvalue weighted by Crippen LogP contribution is -2.12. The van der Waals surface area contributed by atoms with Crippen molar-refractivity contribution in [2.45, 2.75) is 20.0 Å². The number of aryl methyl sites for hydroxylation is 1. The lowest BCUT2D eigenvalue weighted by molar-refractivity contribution is 0.642. The first-order chi connectivity index (χ1) is 19.6. The Hall–Kier alpha value is -5.29. The van der Waals surface area contributed by atoms with Gasteiger partial charge < -0.3 is 14.9 Å². The SMILES string of the molecule is Cc1cn(-c2ccnc3nc(-c4[nH]nc5ncc(-c6cncc(CNCc7ccccc7)c6)c(F)c45)[nH]c23)cn1. The Bertz CT molecular complexity index is 1970. The molecule has 6 aromatic heterocycles. The number of aromatic nitrogens is 9. The number of nitrogens with zero attached hydrogens (tertiary/aromatic N) is 7. The number of H-pyrrole nitrogens is 2. The van der Waals surface area contributed by atoms with E-state index in [1.807, 2.05) is 48.0 Å². The van der Waals surface area contributed by atoms with Crippen LogP contribution in [0, 0.1) is 12.7 Å². The van der Waals surface area contributed by atoms with Gasteiger partial charge in [0.15, 0.2) is 17.1 Å². The molecule has 10 nitrogen and oxygen atoms in total. The molecule has 0 aliphatic carbocycles. The number of fused-ring (bicyclic) bond motifs is 2. The van der Waals surface area contributed by atoms with Gasteiger partial charge in [-0.25, -0.2) is 24.3 Å². The van der Waals surface area contributed by atoms with Crippen molar-refractivity contribution in [3.05, 3.63) is 102 Å². The van der Waals surface area contributed by atoms with Crippen LogP contribution in [0.1, 0.15) is 16.8 Å². The first-order valence-electron chi connectivity index (χ1n) is 12.7. The number of hydrogen-bond acceptors (Lipinski definition) is 7. The van der Waals surface area contributed by atoms with Crippen LogP contribution in [0.3, 0.4) is 0 Å². The second-order valence-corrected chi connectivity index (χ2v) is 9.49. The molecule has 7 rings (SSSR count). The first-order valence-corrected chi connectivity index (χ1v) is 12.7. The van der Waals surface area contributed by atoms with Crippen LogP contribution < -0.4 is 5.32 Å². The summed E-state index contributed by atoms with van der Waals surface area (Å²) in [5.41, 5.74) is 6.63. The molecule has 1 aromatic carbocycles. The summed E-state index contributed by atoms with van der Waals surface area (Å²) in [5.74, 6) is -0.0482. The standard InChI is InChI=1S/C29H23FN10/c1-17-15-40(16-35-17)22-7-8-33-28-25(22)36-29(37-28)26-23-24(30)21(14-34-27(23)39-38-26)20-9-19(12-32-13-20)11-31-10-18-5-3-2-4-6-18/h2-9,12-16,31H,10-11H2,1H3,(H,33,36,37)(H,34,38,39). The molecular weight excluding hydrogens is 507 g/mol. The normalized spacial score (nSPS) is 11.6. The van der Waals surface area contributed by atoms with Gasteiger partial charge in [0.2, 0.25) is 0 Å². The summed E-state index contributed by atoms with van der Waals surface area (Å²) in [6.45, 7) is 3.23. The zero-order valence-electron chi connectivity index (χ0n) is 21.4. The summed E-state index contributed by atoms with van der Waals surface area (Å²) in [4.78, 5) is 25.4. The van der Waals surface area contributed by atoms with Crippen molar-refractivity contribution in [2.24, 2.45) is 0 Å². The number of aromatic amines is 2. The number of hydrogen-bond donors (Lipinski definition) is 3. The molecule has 0 bridgehead atoms. The van der Waals surface area contributed by atoms with Crippen molar-refractivity contribution in [2.75, 3.05) is 0 Å². The zero-order valence-corrected chi connectivity index (χ0v) is 21.4. The summed E-state index contributed by atoms with van der Waals surface area (Å²) in [6.07, 6.45) is 10.2. The van der Waals surface area contributed by atoms with E-state index in [2.05, 4.69) is 57.6 Å². The Labute approximate surface area is 227 Å². The molecule has 0 radical (unpaired) electrons. The largest absolute Gasteiger partial charge is 0.334 e. The Morgan fingerprint density at radius 2 is 1.82 bits per heavy atom. The Morgan fingerprint density at radius 3 is 2.67 bits per heavy atom.